The van der Waals surface area contributed by atoms with Gasteiger partial charge in [-0.2, -0.15) is 0 Å². The topological polar surface area (TPSA) is 63.2 Å². The van der Waals surface area contributed by atoms with Crippen LogP contribution in [0.15, 0.2) is 30.3 Å². The third-order valence-electron chi connectivity index (χ3n) is 2.27. The van der Waals surface area contributed by atoms with Crippen molar-refractivity contribution < 1.29 is 14.4 Å². The summed E-state index contributed by atoms with van der Waals surface area (Å²) in [6, 6.07) is 6.70. The van der Waals surface area contributed by atoms with Crippen LogP contribution in [0.25, 0.3) is 5.70 Å². The quantitative estimate of drug-likeness (QED) is 0.709. The van der Waals surface area contributed by atoms with Crippen molar-refractivity contribution in [3.8, 4) is 0 Å². The van der Waals surface area contributed by atoms with Gasteiger partial charge in [0.25, 0.3) is 0 Å². The van der Waals surface area contributed by atoms with Crippen LogP contribution in [0.5, 0.6) is 0 Å². The first-order valence-corrected chi connectivity index (χ1v) is 4.77. The minimum absolute atomic E-state index is 0.275. The first kappa shape index (κ1) is 10.3. The standard InChI is InChI=1S/C12H9NO3/c1-7(14)13-10-6-11(15)12(16)9-5-3-2-4-8(9)10/h2-6H,1H3,(H,13,14). The van der Waals surface area contributed by atoms with E-state index in [9.17, 15) is 14.4 Å². The fourth-order valence-corrected chi connectivity index (χ4v) is 1.62. The average Bonchev–Trinajstić information content (AvgIpc) is 2.25. The smallest absolute Gasteiger partial charge is 0.233 e. The molecule has 4 heteroatoms. The highest BCUT2D eigenvalue weighted by Crippen LogP contribution is 2.22. The van der Waals surface area contributed by atoms with Gasteiger partial charge in [-0.3, -0.25) is 14.4 Å². The molecule has 16 heavy (non-hydrogen) atoms. The van der Waals surface area contributed by atoms with Crippen LogP contribution in [0, 0.1) is 0 Å². The molecule has 1 aromatic rings. The van der Waals surface area contributed by atoms with E-state index >= 15 is 0 Å². The number of benzene rings is 1. The SMILES string of the molecule is CC(=O)NC1=CC(=O)C(=O)c2ccccc21. The second-order valence-electron chi connectivity index (χ2n) is 3.48. The van der Waals surface area contributed by atoms with E-state index in [2.05, 4.69) is 5.32 Å². The highest BCUT2D eigenvalue weighted by atomic mass is 16.2. The third kappa shape index (κ3) is 1.65. The Kier molecular flexibility index (Phi) is 2.40. The molecule has 0 unspecified atom stereocenters. The number of nitrogens with one attached hydrogen (secondary N) is 1. The van der Waals surface area contributed by atoms with Crippen molar-refractivity contribution in [1.82, 2.24) is 5.32 Å². The highest BCUT2D eigenvalue weighted by molar-refractivity contribution is 6.50. The Labute approximate surface area is 92.0 Å². The Bertz CT molecular complexity index is 529. The number of fused-ring (bicyclic) bond motifs is 1. The molecule has 1 amide bonds. The van der Waals surface area contributed by atoms with Gasteiger partial charge in [0, 0.05) is 24.1 Å². The maximum absolute atomic E-state index is 11.5. The number of Topliss-reactive ketones (excluding diaryl/α,β-unsaturated/α-hetero) is 1. The molecule has 1 aliphatic rings. The molecular weight excluding hydrogens is 206 g/mol. The van der Waals surface area contributed by atoms with Crippen molar-refractivity contribution in [3.63, 3.8) is 0 Å². The molecule has 0 aliphatic heterocycles. The van der Waals surface area contributed by atoms with Crippen molar-refractivity contribution in [2.45, 2.75) is 6.92 Å². The Morgan fingerprint density at radius 2 is 1.75 bits per heavy atom. The van der Waals surface area contributed by atoms with Crippen LogP contribution in [-0.2, 0) is 9.59 Å². The summed E-state index contributed by atoms with van der Waals surface area (Å²) in [5.74, 6) is -1.42. The van der Waals surface area contributed by atoms with Crippen molar-refractivity contribution >= 4 is 23.2 Å². The van der Waals surface area contributed by atoms with Crippen LogP contribution in [0.3, 0.4) is 0 Å². The normalized spacial score (nSPS) is 14.2. The number of amides is 1. The minimum atomic E-state index is -0.609. The molecule has 0 heterocycles. The Balaban J connectivity index is 2.55. The largest absolute Gasteiger partial charge is 0.326 e. The van der Waals surface area contributed by atoms with Crippen LogP contribution in [-0.4, -0.2) is 17.5 Å². The summed E-state index contributed by atoms with van der Waals surface area (Å²) in [5.41, 5.74) is 1.30. The van der Waals surface area contributed by atoms with E-state index in [1.54, 1.807) is 24.3 Å². The Morgan fingerprint density at radius 1 is 1.12 bits per heavy atom. The first-order chi connectivity index (χ1) is 7.59. The average molecular weight is 215 g/mol. The number of ketones is 2. The van der Waals surface area contributed by atoms with Crippen molar-refractivity contribution in [2.24, 2.45) is 0 Å². The molecule has 1 aromatic carbocycles. The Hall–Kier alpha value is -2.23. The molecule has 1 aliphatic carbocycles. The van der Waals surface area contributed by atoms with Gasteiger partial charge in [0.15, 0.2) is 0 Å². The zero-order valence-corrected chi connectivity index (χ0v) is 8.61. The molecule has 0 aromatic heterocycles. The van der Waals surface area contributed by atoms with Gasteiger partial charge in [-0.25, -0.2) is 0 Å². The van der Waals surface area contributed by atoms with Gasteiger partial charge < -0.3 is 5.32 Å². The fraction of sp³-hybridized carbons (Fsp3) is 0.0833. The lowest BCUT2D eigenvalue weighted by atomic mass is 9.93. The summed E-state index contributed by atoms with van der Waals surface area (Å²) in [4.78, 5) is 33.9. The molecule has 80 valence electrons. The zero-order chi connectivity index (χ0) is 11.7. The highest BCUT2D eigenvalue weighted by Gasteiger charge is 2.25. The Morgan fingerprint density at radius 3 is 2.38 bits per heavy atom. The van der Waals surface area contributed by atoms with E-state index < -0.39 is 11.6 Å². The predicted molar refractivity (Wildman–Crippen MR) is 57.6 cm³/mol. The molecule has 0 bridgehead atoms. The summed E-state index contributed by atoms with van der Waals surface area (Å²) in [6.45, 7) is 1.35. The lowest BCUT2D eigenvalue weighted by Crippen LogP contribution is -2.26. The maximum Gasteiger partial charge on any atom is 0.233 e. The number of carbonyl (C=O) groups is 3. The predicted octanol–water partition coefficient (Wildman–Crippen LogP) is 0.929. The summed E-state index contributed by atoms with van der Waals surface area (Å²) >= 11 is 0. The fourth-order valence-electron chi connectivity index (χ4n) is 1.62. The van der Waals surface area contributed by atoms with E-state index in [0.717, 1.165) is 6.08 Å². The molecule has 0 saturated carbocycles. The van der Waals surface area contributed by atoms with Crippen LogP contribution in [0.1, 0.15) is 22.8 Å². The lowest BCUT2D eigenvalue weighted by Gasteiger charge is -2.15. The lowest BCUT2D eigenvalue weighted by molar-refractivity contribution is -0.117. The molecule has 0 radical (unpaired) electrons. The van der Waals surface area contributed by atoms with Crippen LogP contribution < -0.4 is 5.32 Å². The number of hydrogen-bond donors (Lipinski definition) is 1. The second-order valence-corrected chi connectivity index (χ2v) is 3.48. The van der Waals surface area contributed by atoms with Crippen molar-refractivity contribution in [2.75, 3.05) is 0 Å². The number of hydrogen-bond acceptors (Lipinski definition) is 3. The van der Waals surface area contributed by atoms with E-state index in [-0.39, 0.29) is 5.91 Å². The molecule has 4 nitrogen and oxygen atoms in total. The van der Waals surface area contributed by atoms with Crippen molar-refractivity contribution in [3.05, 3.63) is 41.5 Å². The van der Waals surface area contributed by atoms with Gasteiger partial charge in [0.05, 0.1) is 5.70 Å². The number of carbonyl (C=O) groups excluding carboxylic acids is 3. The van der Waals surface area contributed by atoms with Crippen LogP contribution in [0.4, 0.5) is 0 Å². The molecule has 2 rings (SSSR count). The van der Waals surface area contributed by atoms with Gasteiger partial charge in [0.1, 0.15) is 0 Å². The third-order valence-corrected chi connectivity index (χ3v) is 2.27. The van der Waals surface area contributed by atoms with Crippen LogP contribution >= 0.6 is 0 Å². The monoisotopic (exact) mass is 215 g/mol. The van der Waals surface area contributed by atoms with Crippen molar-refractivity contribution in [1.29, 1.82) is 0 Å². The van der Waals surface area contributed by atoms with E-state index in [0.29, 0.717) is 16.8 Å². The van der Waals surface area contributed by atoms with E-state index in [1.165, 1.54) is 6.92 Å². The summed E-state index contributed by atoms with van der Waals surface area (Å²) in [7, 11) is 0. The maximum atomic E-state index is 11.5. The summed E-state index contributed by atoms with van der Waals surface area (Å²) in [6.07, 6.45) is 1.16. The first-order valence-electron chi connectivity index (χ1n) is 4.77. The minimum Gasteiger partial charge on any atom is -0.326 e. The molecule has 0 saturated heterocycles. The van der Waals surface area contributed by atoms with E-state index in [4.69, 9.17) is 0 Å². The molecule has 0 fully saturated rings. The number of allylic oxidation sites excluding steroid dienone is 1. The van der Waals surface area contributed by atoms with Crippen LogP contribution in [0.2, 0.25) is 0 Å². The van der Waals surface area contributed by atoms with Gasteiger partial charge in [-0.15, -0.1) is 0 Å². The molecule has 0 atom stereocenters. The summed E-state index contributed by atoms with van der Waals surface area (Å²) < 4.78 is 0. The molecular formula is C12H9NO3. The van der Waals surface area contributed by atoms with Gasteiger partial charge >= 0.3 is 0 Å². The van der Waals surface area contributed by atoms with Gasteiger partial charge in [-0.1, -0.05) is 24.3 Å². The van der Waals surface area contributed by atoms with Gasteiger partial charge in [-0.05, 0) is 0 Å². The second kappa shape index (κ2) is 3.73. The molecule has 1 N–H and O–H groups in total. The zero-order valence-electron chi connectivity index (χ0n) is 8.61. The van der Waals surface area contributed by atoms with E-state index in [1.807, 2.05) is 0 Å². The summed E-state index contributed by atoms with van der Waals surface area (Å²) in [5, 5.41) is 2.54. The number of rotatable bonds is 1. The molecule has 0 spiro atoms. The van der Waals surface area contributed by atoms with Gasteiger partial charge in [0.2, 0.25) is 17.5 Å².